The van der Waals surface area contributed by atoms with Gasteiger partial charge in [-0.2, -0.15) is 0 Å². The van der Waals surface area contributed by atoms with Gasteiger partial charge in [0.1, 0.15) is 5.92 Å². The summed E-state index contributed by atoms with van der Waals surface area (Å²) in [5.74, 6) is -2.58. The van der Waals surface area contributed by atoms with Crippen LogP contribution in [0.4, 0.5) is 0 Å². The highest BCUT2D eigenvalue weighted by atomic mass is 16.5. The van der Waals surface area contributed by atoms with Crippen LogP contribution in [0.5, 0.6) is 0 Å². The zero-order chi connectivity index (χ0) is 10.3. The predicted octanol–water partition coefficient (Wildman–Crippen LogP) is -0.613. The summed E-state index contributed by atoms with van der Waals surface area (Å²) in [5.41, 5.74) is 0. The third-order valence-electron chi connectivity index (χ3n) is 2.73. The summed E-state index contributed by atoms with van der Waals surface area (Å²) in [4.78, 5) is 22.4. The second-order valence-corrected chi connectivity index (χ2v) is 3.45. The van der Waals surface area contributed by atoms with Gasteiger partial charge in [-0.25, -0.2) is 0 Å². The first-order valence-electron chi connectivity index (χ1n) is 4.43. The number of nitrogens with one attached hydrogen (secondary N) is 1. The highest BCUT2D eigenvalue weighted by molar-refractivity contribution is 5.87. The Hall–Kier alpha value is -1.36. The largest absolute Gasteiger partial charge is 0.481 e. The topological polar surface area (TPSA) is 75.6 Å². The van der Waals surface area contributed by atoms with Gasteiger partial charge in [0, 0.05) is 7.05 Å². The predicted molar refractivity (Wildman–Crippen MR) is 46.5 cm³/mol. The molecule has 0 aliphatic carbocycles. The van der Waals surface area contributed by atoms with E-state index in [-0.39, 0.29) is 12.0 Å². The Morgan fingerprint density at radius 1 is 1.29 bits per heavy atom. The van der Waals surface area contributed by atoms with Gasteiger partial charge in [-0.05, 0) is 0 Å². The van der Waals surface area contributed by atoms with Gasteiger partial charge in [0.2, 0.25) is 5.91 Å². The van der Waals surface area contributed by atoms with Crippen LogP contribution >= 0.6 is 0 Å². The number of ether oxygens (including phenoxy) is 1. The molecule has 0 radical (unpaired) electrons. The third kappa shape index (κ3) is 1.13. The fraction of sp³-hybridized carbons (Fsp3) is 0.556. The second kappa shape index (κ2) is 3.09. The molecule has 2 bridgehead atoms. The number of hydrogen-bond acceptors (Lipinski definition) is 3. The highest BCUT2D eigenvalue weighted by Gasteiger charge is 2.52. The van der Waals surface area contributed by atoms with Crippen LogP contribution in [0.2, 0.25) is 0 Å². The minimum Gasteiger partial charge on any atom is -0.481 e. The molecule has 0 aromatic rings. The van der Waals surface area contributed by atoms with E-state index in [2.05, 4.69) is 5.32 Å². The number of amides is 1. The molecule has 0 saturated carbocycles. The van der Waals surface area contributed by atoms with Crippen molar-refractivity contribution in [2.75, 3.05) is 7.05 Å². The zero-order valence-electron chi connectivity index (χ0n) is 7.64. The molecular formula is C9H11NO4. The van der Waals surface area contributed by atoms with E-state index in [1.54, 1.807) is 12.2 Å². The average Bonchev–Trinajstić information content (AvgIpc) is 2.74. The fourth-order valence-electron chi connectivity index (χ4n) is 2.08. The summed E-state index contributed by atoms with van der Waals surface area (Å²) in [6, 6.07) is 0. The minimum absolute atomic E-state index is 0.269. The van der Waals surface area contributed by atoms with Crippen LogP contribution in [-0.4, -0.2) is 36.2 Å². The fourth-order valence-corrected chi connectivity index (χ4v) is 2.08. The maximum absolute atomic E-state index is 11.4. The van der Waals surface area contributed by atoms with Crippen molar-refractivity contribution in [1.82, 2.24) is 5.32 Å². The number of carbonyl (C=O) groups is 2. The molecule has 14 heavy (non-hydrogen) atoms. The molecule has 2 heterocycles. The average molecular weight is 197 g/mol. The van der Waals surface area contributed by atoms with Crippen molar-refractivity contribution >= 4 is 11.9 Å². The molecule has 4 atom stereocenters. The lowest BCUT2D eigenvalue weighted by Gasteiger charge is -2.19. The summed E-state index contributed by atoms with van der Waals surface area (Å²) >= 11 is 0. The van der Waals surface area contributed by atoms with E-state index in [0.29, 0.717) is 0 Å². The number of carbonyl (C=O) groups excluding carboxylic acids is 1. The lowest BCUT2D eigenvalue weighted by Crippen LogP contribution is -2.41. The van der Waals surface area contributed by atoms with Gasteiger partial charge in [0.15, 0.2) is 0 Å². The van der Waals surface area contributed by atoms with Crippen molar-refractivity contribution in [2.24, 2.45) is 11.8 Å². The quantitative estimate of drug-likeness (QED) is 0.579. The summed E-state index contributed by atoms with van der Waals surface area (Å²) in [6.07, 6.45) is 2.65. The van der Waals surface area contributed by atoms with Crippen LogP contribution in [0.3, 0.4) is 0 Å². The van der Waals surface area contributed by atoms with Gasteiger partial charge >= 0.3 is 5.97 Å². The highest BCUT2D eigenvalue weighted by Crippen LogP contribution is 2.39. The normalized spacial score (nSPS) is 38.6. The molecule has 1 amide bonds. The second-order valence-electron chi connectivity index (χ2n) is 3.45. The molecule has 5 heteroatoms. The van der Waals surface area contributed by atoms with Gasteiger partial charge in [-0.15, -0.1) is 0 Å². The summed E-state index contributed by atoms with van der Waals surface area (Å²) in [7, 11) is 1.50. The van der Waals surface area contributed by atoms with Crippen LogP contribution < -0.4 is 5.32 Å². The number of carboxylic acids is 1. The third-order valence-corrected chi connectivity index (χ3v) is 2.73. The summed E-state index contributed by atoms with van der Waals surface area (Å²) < 4.78 is 5.33. The van der Waals surface area contributed by atoms with E-state index >= 15 is 0 Å². The van der Waals surface area contributed by atoms with Crippen molar-refractivity contribution in [3.05, 3.63) is 12.2 Å². The first-order valence-corrected chi connectivity index (χ1v) is 4.43. The van der Waals surface area contributed by atoms with E-state index in [4.69, 9.17) is 9.84 Å². The lowest BCUT2D eigenvalue weighted by molar-refractivity contribution is -0.146. The monoisotopic (exact) mass is 197 g/mol. The number of rotatable bonds is 2. The molecule has 5 nitrogen and oxygen atoms in total. The number of aliphatic carboxylic acids is 1. The van der Waals surface area contributed by atoms with Crippen molar-refractivity contribution in [3.63, 3.8) is 0 Å². The van der Waals surface area contributed by atoms with Crippen LogP contribution in [0.15, 0.2) is 12.2 Å². The number of hydrogen-bond donors (Lipinski definition) is 2. The Bertz CT molecular complexity index is 312. The molecule has 2 aliphatic heterocycles. The van der Waals surface area contributed by atoms with Crippen LogP contribution in [-0.2, 0) is 14.3 Å². The smallest absolute Gasteiger partial charge is 0.310 e. The van der Waals surface area contributed by atoms with Gasteiger partial charge in [0.05, 0.1) is 18.1 Å². The molecule has 2 N–H and O–H groups in total. The van der Waals surface area contributed by atoms with E-state index in [1.807, 2.05) is 0 Å². The summed E-state index contributed by atoms with van der Waals surface area (Å²) in [5, 5.41) is 11.4. The molecule has 0 spiro atoms. The minimum atomic E-state index is -0.976. The first kappa shape index (κ1) is 9.21. The number of carboxylic acid groups (broad SMARTS) is 1. The SMILES string of the molecule is CNC(=O)[C@H]1[C@@H](C(=O)O)[C@@H]2C=C[C@H]1O2. The summed E-state index contributed by atoms with van der Waals surface area (Å²) in [6.45, 7) is 0. The molecule has 2 aliphatic rings. The Balaban J connectivity index is 2.26. The van der Waals surface area contributed by atoms with Gasteiger partial charge in [0.25, 0.3) is 0 Å². The Kier molecular flexibility index (Phi) is 2.03. The molecule has 2 rings (SSSR count). The van der Waals surface area contributed by atoms with Crippen molar-refractivity contribution in [2.45, 2.75) is 12.2 Å². The van der Waals surface area contributed by atoms with Crippen LogP contribution in [0.1, 0.15) is 0 Å². The first-order chi connectivity index (χ1) is 6.65. The Labute approximate surface area is 80.7 Å². The van der Waals surface area contributed by atoms with Crippen molar-refractivity contribution in [1.29, 1.82) is 0 Å². The maximum Gasteiger partial charge on any atom is 0.310 e. The van der Waals surface area contributed by atoms with Crippen LogP contribution in [0.25, 0.3) is 0 Å². The van der Waals surface area contributed by atoms with E-state index in [9.17, 15) is 9.59 Å². The van der Waals surface area contributed by atoms with E-state index < -0.39 is 23.9 Å². The Morgan fingerprint density at radius 2 is 1.86 bits per heavy atom. The zero-order valence-corrected chi connectivity index (χ0v) is 7.64. The standard InChI is InChI=1S/C9H11NO4/c1-10-8(11)6-4-2-3-5(14-4)7(6)9(12)13/h2-7H,1H3,(H,10,11)(H,12,13)/t4-,5+,6-,7+/m1/s1. The molecule has 1 fully saturated rings. The lowest BCUT2D eigenvalue weighted by atomic mass is 9.82. The van der Waals surface area contributed by atoms with E-state index in [1.165, 1.54) is 7.05 Å². The maximum atomic E-state index is 11.4. The van der Waals surface area contributed by atoms with Gasteiger partial charge in [-0.1, -0.05) is 12.2 Å². The molecule has 0 aromatic carbocycles. The molecule has 0 aromatic heterocycles. The molecule has 1 saturated heterocycles. The Morgan fingerprint density at radius 3 is 2.36 bits per heavy atom. The van der Waals surface area contributed by atoms with E-state index in [0.717, 1.165) is 0 Å². The van der Waals surface area contributed by atoms with Crippen molar-refractivity contribution in [3.8, 4) is 0 Å². The van der Waals surface area contributed by atoms with Crippen molar-refractivity contribution < 1.29 is 19.4 Å². The van der Waals surface area contributed by atoms with Crippen LogP contribution in [0, 0.1) is 11.8 Å². The van der Waals surface area contributed by atoms with Gasteiger partial charge in [-0.3, -0.25) is 9.59 Å². The van der Waals surface area contributed by atoms with Gasteiger partial charge < -0.3 is 15.2 Å². The molecular weight excluding hydrogens is 186 g/mol. The number of fused-ring (bicyclic) bond motifs is 2. The molecule has 0 unspecified atom stereocenters. The molecule has 76 valence electrons.